The number of benzene rings is 2. The molecule has 0 bridgehead atoms. The van der Waals surface area contributed by atoms with Gasteiger partial charge in [0.2, 0.25) is 6.10 Å². The van der Waals surface area contributed by atoms with E-state index >= 15 is 0 Å². The van der Waals surface area contributed by atoms with E-state index < -0.39 is 36.5 Å². The second-order valence-electron chi connectivity index (χ2n) is 10.5. The molecule has 4 N–H and O–H groups in total. The molecule has 1 fully saturated rings. The van der Waals surface area contributed by atoms with Crippen LogP contribution in [0.3, 0.4) is 0 Å². The van der Waals surface area contributed by atoms with E-state index in [9.17, 15) is 22.7 Å². The van der Waals surface area contributed by atoms with Gasteiger partial charge >= 0.3 is 6.18 Å². The van der Waals surface area contributed by atoms with Crippen molar-refractivity contribution in [2.75, 3.05) is 31.0 Å². The van der Waals surface area contributed by atoms with Crippen molar-refractivity contribution in [3.05, 3.63) is 58.9 Å². The maximum atomic E-state index is 14.5. The van der Waals surface area contributed by atoms with Crippen LogP contribution in [0.2, 0.25) is 0 Å². The summed E-state index contributed by atoms with van der Waals surface area (Å²) in [5.74, 6) is -0.135. The Morgan fingerprint density at radius 2 is 1.86 bits per heavy atom. The lowest BCUT2D eigenvalue weighted by Gasteiger charge is -2.35. The molecule has 2 aromatic carbocycles. The molecule has 10 heteroatoms. The Hall–Kier alpha value is -2.01. The predicted molar refractivity (Wildman–Crippen MR) is 139 cm³/mol. The monoisotopic (exact) mass is 544 g/mol. The summed E-state index contributed by atoms with van der Waals surface area (Å²) in [4.78, 5) is 0. The summed E-state index contributed by atoms with van der Waals surface area (Å²) >= 11 is 1.67. The molecule has 0 spiro atoms. The first-order chi connectivity index (χ1) is 17.3. The molecule has 2 aromatic rings. The van der Waals surface area contributed by atoms with E-state index in [0.717, 1.165) is 12.7 Å². The summed E-state index contributed by atoms with van der Waals surface area (Å²) in [6.07, 6.45) is -7.44. The van der Waals surface area contributed by atoms with E-state index in [0.29, 0.717) is 23.6 Å². The number of alkyl halides is 3. The number of nitrogens with one attached hydrogen (secondary N) is 1. The molecular formula is C27H36F4N2O3S. The van der Waals surface area contributed by atoms with Gasteiger partial charge in [-0.25, -0.2) is 4.39 Å². The number of ether oxygens (including phenoxy) is 2. The van der Waals surface area contributed by atoms with E-state index in [1.807, 2.05) is 12.1 Å². The highest BCUT2D eigenvalue weighted by Gasteiger charge is 2.42. The molecule has 1 aliphatic heterocycles. The van der Waals surface area contributed by atoms with E-state index in [-0.39, 0.29) is 29.5 Å². The van der Waals surface area contributed by atoms with Crippen molar-refractivity contribution >= 4 is 17.4 Å². The molecule has 0 aromatic heterocycles. The van der Waals surface area contributed by atoms with Crippen molar-refractivity contribution in [1.82, 2.24) is 5.32 Å². The van der Waals surface area contributed by atoms with Gasteiger partial charge in [-0.15, -0.1) is 0 Å². The number of hydrogen-bond donors (Lipinski definition) is 3. The number of methoxy groups -OCH3 is 1. The number of nitrogens with two attached hydrogens (primary N) is 1. The first-order valence-corrected chi connectivity index (χ1v) is 13.3. The average molecular weight is 545 g/mol. The number of aliphatic hydroxyl groups excluding tert-OH is 1. The van der Waals surface area contributed by atoms with Crippen LogP contribution in [-0.4, -0.2) is 54.8 Å². The van der Waals surface area contributed by atoms with Crippen LogP contribution >= 0.6 is 11.8 Å². The Labute approximate surface area is 220 Å². The number of nitrogen functional groups attached to an aromatic ring is 1. The second kappa shape index (κ2) is 12.2. The van der Waals surface area contributed by atoms with E-state index in [4.69, 9.17) is 10.5 Å². The molecule has 0 saturated carbocycles. The highest BCUT2D eigenvalue weighted by Crippen LogP contribution is 2.34. The highest BCUT2D eigenvalue weighted by molar-refractivity contribution is 7.99. The van der Waals surface area contributed by atoms with Crippen LogP contribution in [0, 0.1) is 11.7 Å². The van der Waals surface area contributed by atoms with Gasteiger partial charge in [-0.05, 0) is 52.3 Å². The normalized spacial score (nSPS) is 21.6. The largest absolute Gasteiger partial charge is 0.476 e. The first-order valence-electron chi connectivity index (χ1n) is 12.2. The number of halogens is 4. The predicted octanol–water partition coefficient (Wildman–Crippen LogP) is 5.09. The minimum atomic E-state index is -4.71. The third kappa shape index (κ3) is 7.99. The zero-order valence-electron chi connectivity index (χ0n) is 21.6. The number of thioether (sulfide) groups is 1. The lowest BCUT2D eigenvalue weighted by molar-refractivity contribution is -0.206. The van der Waals surface area contributed by atoms with Gasteiger partial charge in [0, 0.05) is 25.4 Å². The number of rotatable bonds is 9. The zero-order chi connectivity index (χ0) is 27.4. The smallest absolute Gasteiger partial charge is 0.427 e. The fraction of sp³-hybridized carbons (Fsp3) is 0.556. The van der Waals surface area contributed by atoms with Gasteiger partial charge in [0.25, 0.3) is 0 Å². The topological polar surface area (TPSA) is 76.7 Å². The van der Waals surface area contributed by atoms with Crippen molar-refractivity contribution in [3.63, 3.8) is 0 Å². The third-order valence-electron chi connectivity index (χ3n) is 6.49. The summed E-state index contributed by atoms with van der Waals surface area (Å²) < 4.78 is 64.0. The fourth-order valence-electron chi connectivity index (χ4n) is 4.29. The number of hydrogen-bond acceptors (Lipinski definition) is 6. The Morgan fingerprint density at radius 1 is 1.14 bits per heavy atom. The van der Waals surface area contributed by atoms with Crippen LogP contribution in [0.4, 0.5) is 23.2 Å². The molecule has 206 valence electrons. The van der Waals surface area contributed by atoms with Crippen LogP contribution in [-0.2, 0) is 23.1 Å². The molecule has 0 unspecified atom stereocenters. The lowest BCUT2D eigenvalue weighted by atomic mass is 9.86. The SMILES string of the molecule is COC[C@@H](Oc1cc(C[C@@H]2CSC[C@H](NCc3cccc(C(C)(C)C)c3)[C@H]2O)cc(F)c1N)C(F)(F)F. The molecule has 0 aliphatic carbocycles. The second-order valence-corrected chi connectivity index (χ2v) is 11.6. The van der Waals surface area contributed by atoms with Crippen LogP contribution in [0.15, 0.2) is 36.4 Å². The van der Waals surface area contributed by atoms with Crippen LogP contribution in [0.1, 0.15) is 37.5 Å². The van der Waals surface area contributed by atoms with Gasteiger partial charge < -0.3 is 25.6 Å². The molecule has 4 atom stereocenters. The van der Waals surface area contributed by atoms with E-state index in [1.165, 1.54) is 17.7 Å². The van der Waals surface area contributed by atoms with Gasteiger partial charge in [-0.1, -0.05) is 45.0 Å². The van der Waals surface area contributed by atoms with Crippen LogP contribution in [0.5, 0.6) is 5.75 Å². The summed E-state index contributed by atoms with van der Waals surface area (Å²) in [7, 11) is 1.12. The highest BCUT2D eigenvalue weighted by atomic mass is 32.2. The Balaban J connectivity index is 1.69. The van der Waals surface area contributed by atoms with Gasteiger partial charge in [0.1, 0.15) is 17.3 Å². The minimum absolute atomic E-state index is 0.0297. The number of anilines is 1. The van der Waals surface area contributed by atoms with E-state index in [2.05, 4.69) is 43.0 Å². The summed E-state index contributed by atoms with van der Waals surface area (Å²) in [6, 6.07) is 10.6. The van der Waals surface area contributed by atoms with Gasteiger partial charge in [0.05, 0.1) is 12.7 Å². The lowest BCUT2D eigenvalue weighted by Crippen LogP contribution is -2.49. The molecule has 0 radical (unpaired) electrons. The maximum absolute atomic E-state index is 14.5. The molecule has 5 nitrogen and oxygen atoms in total. The molecular weight excluding hydrogens is 508 g/mol. The van der Waals surface area contributed by atoms with Crippen LogP contribution < -0.4 is 15.8 Å². The Bertz CT molecular complexity index is 1050. The summed E-state index contributed by atoms with van der Waals surface area (Å²) in [5, 5.41) is 14.5. The van der Waals surface area contributed by atoms with Crippen molar-refractivity contribution in [1.29, 1.82) is 0 Å². The van der Waals surface area contributed by atoms with Crippen molar-refractivity contribution in [2.24, 2.45) is 5.92 Å². The van der Waals surface area contributed by atoms with E-state index in [1.54, 1.807) is 11.8 Å². The van der Waals surface area contributed by atoms with Crippen LogP contribution in [0.25, 0.3) is 0 Å². The average Bonchev–Trinajstić information content (AvgIpc) is 2.81. The molecule has 37 heavy (non-hydrogen) atoms. The molecule has 0 amide bonds. The Morgan fingerprint density at radius 3 is 2.51 bits per heavy atom. The van der Waals surface area contributed by atoms with Gasteiger partial charge in [-0.3, -0.25) is 0 Å². The standard InChI is InChI=1S/C27H36F4N2O3S/c1-26(2,3)19-7-5-6-16(9-19)12-33-21-15-37-14-18(25(21)34)8-17-10-20(28)24(32)22(11-17)36-23(13-35-4)27(29,30)31/h5-7,9-11,18,21,23,25,33-34H,8,12-15,32H2,1-4H3/t18-,21+,23-,25+/m1/s1. The third-order valence-corrected chi connectivity index (χ3v) is 7.75. The summed E-state index contributed by atoms with van der Waals surface area (Å²) in [6.45, 7) is 6.31. The molecule has 1 heterocycles. The van der Waals surface area contributed by atoms with Gasteiger partial charge in [0.15, 0.2) is 0 Å². The Kier molecular flexibility index (Phi) is 9.77. The summed E-state index contributed by atoms with van der Waals surface area (Å²) in [5.41, 5.74) is 7.96. The van der Waals surface area contributed by atoms with Crippen molar-refractivity contribution in [2.45, 2.75) is 63.6 Å². The quantitative estimate of drug-likeness (QED) is 0.302. The van der Waals surface area contributed by atoms with Crippen molar-refractivity contribution in [3.8, 4) is 5.75 Å². The molecule has 1 aliphatic rings. The minimum Gasteiger partial charge on any atom is -0.476 e. The van der Waals surface area contributed by atoms with Gasteiger partial charge in [-0.2, -0.15) is 24.9 Å². The first kappa shape index (κ1) is 29.5. The molecule has 1 saturated heterocycles. The zero-order valence-corrected chi connectivity index (χ0v) is 22.4. The van der Waals surface area contributed by atoms with Crippen molar-refractivity contribution < 1.29 is 32.1 Å². The fourth-order valence-corrected chi connectivity index (χ4v) is 5.62. The molecule has 3 rings (SSSR count). The number of aliphatic hydroxyl groups is 1. The maximum Gasteiger partial charge on any atom is 0.427 e.